The number of carbonyl (C=O) groups excluding carboxylic acids is 1. The number of hydrogen-bond acceptors (Lipinski definition) is 6. The summed E-state index contributed by atoms with van der Waals surface area (Å²) in [7, 11) is 1.44. The molecule has 0 aliphatic carbocycles. The lowest BCUT2D eigenvalue weighted by Crippen LogP contribution is -2.51. The highest BCUT2D eigenvalue weighted by Gasteiger charge is 2.31. The number of nitrogens with one attached hydrogen (secondary N) is 1. The molecule has 9 nitrogen and oxygen atoms in total. The van der Waals surface area contributed by atoms with Gasteiger partial charge in [-0.25, -0.2) is 4.57 Å². The van der Waals surface area contributed by atoms with Crippen molar-refractivity contribution in [3.63, 3.8) is 0 Å². The second kappa shape index (κ2) is 33.1. The van der Waals surface area contributed by atoms with Crippen LogP contribution in [0, 0.1) is 0 Å². The normalized spacial score (nSPS) is 15.1. The molecule has 0 aromatic rings. The second-order valence-electron chi connectivity index (χ2n) is 15.9. The van der Waals surface area contributed by atoms with Gasteiger partial charge in [0.1, 0.15) is 19.3 Å². The van der Waals surface area contributed by atoms with Crippen molar-refractivity contribution in [1.82, 2.24) is 5.32 Å². The number of aliphatic hydroxyl groups is 2. The first-order chi connectivity index (χ1) is 23.9. The van der Waals surface area contributed by atoms with Crippen molar-refractivity contribution < 1.29 is 38.0 Å². The molecule has 50 heavy (non-hydrogen) atoms. The van der Waals surface area contributed by atoms with E-state index >= 15 is 0 Å². The fourth-order valence-electron chi connectivity index (χ4n) is 6.26. The monoisotopic (exact) mass is 736 g/mol. The number of likely N-dealkylation sites (N-methyl/N-ethyl adjacent to an activating group) is 1. The lowest BCUT2D eigenvalue weighted by molar-refractivity contribution is -0.870. The first-order valence-electron chi connectivity index (χ1n) is 21.0. The van der Waals surface area contributed by atoms with Gasteiger partial charge in [0.25, 0.3) is 0 Å². The number of hydrogen-bond donors (Lipinski definition) is 4. The highest BCUT2D eigenvalue weighted by molar-refractivity contribution is 7.47. The predicted octanol–water partition coefficient (Wildman–Crippen LogP) is 10.00. The fourth-order valence-corrected chi connectivity index (χ4v) is 7.00. The summed E-state index contributed by atoms with van der Waals surface area (Å²) in [6.45, 7) is 4.60. The van der Waals surface area contributed by atoms with Gasteiger partial charge in [0.15, 0.2) is 0 Å². The van der Waals surface area contributed by atoms with Gasteiger partial charge >= 0.3 is 7.82 Å². The Hall–Kier alpha value is -0.540. The van der Waals surface area contributed by atoms with Crippen LogP contribution in [0.1, 0.15) is 194 Å². The summed E-state index contributed by atoms with van der Waals surface area (Å²) < 4.78 is 23.4. The van der Waals surface area contributed by atoms with Crippen molar-refractivity contribution in [3.05, 3.63) is 0 Å². The summed E-state index contributed by atoms with van der Waals surface area (Å²) in [5, 5.41) is 24.6. The molecule has 0 aromatic carbocycles. The summed E-state index contributed by atoms with van der Waals surface area (Å²) in [4.78, 5) is 23.1. The van der Waals surface area contributed by atoms with E-state index in [1.165, 1.54) is 128 Å². The van der Waals surface area contributed by atoms with Gasteiger partial charge in [-0.15, -0.1) is 0 Å². The van der Waals surface area contributed by atoms with Gasteiger partial charge in [0.05, 0.1) is 39.9 Å². The topological polar surface area (TPSA) is 125 Å². The highest BCUT2D eigenvalue weighted by Crippen LogP contribution is 2.43. The molecule has 0 aromatic heterocycles. The van der Waals surface area contributed by atoms with Crippen molar-refractivity contribution in [3.8, 4) is 0 Å². The quantitative estimate of drug-likeness (QED) is 0.0283. The van der Waals surface area contributed by atoms with E-state index in [-0.39, 0.29) is 12.5 Å². The van der Waals surface area contributed by atoms with Gasteiger partial charge in [-0.05, 0) is 12.8 Å². The molecule has 0 heterocycles. The molecule has 4 N–H and O–H groups in total. The van der Waals surface area contributed by atoms with E-state index in [0.29, 0.717) is 23.9 Å². The Bertz CT molecular complexity index is 811. The van der Waals surface area contributed by atoms with Crippen molar-refractivity contribution in [2.24, 2.45) is 0 Å². The molecule has 0 saturated carbocycles. The number of amides is 1. The van der Waals surface area contributed by atoms with E-state index < -0.39 is 32.7 Å². The molecule has 0 radical (unpaired) electrons. The largest absolute Gasteiger partial charge is 0.472 e. The van der Waals surface area contributed by atoms with Gasteiger partial charge in [-0.1, -0.05) is 174 Å². The number of phosphoric ester groups is 1. The molecule has 0 bridgehead atoms. The number of unbranched alkanes of at least 4 members (excludes halogenated alkanes) is 24. The first-order valence-corrected chi connectivity index (χ1v) is 22.5. The van der Waals surface area contributed by atoms with Crippen LogP contribution in [0.25, 0.3) is 0 Å². The Morgan fingerprint density at radius 3 is 1.40 bits per heavy atom. The zero-order chi connectivity index (χ0) is 37.4. The van der Waals surface area contributed by atoms with Crippen LogP contribution in [0.3, 0.4) is 0 Å². The van der Waals surface area contributed by atoms with Crippen LogP contribution in [-0.4, -0.2) is 84.6 Å². The van der Waals surface area contributed by atoms with Crippen molar-refractivity contribution >= 4 is 13.7 Å². The summed E-state index contributed by atoms with van der Waals surface area (Å²) >= 11 is 0. The smallest absolute Gasteiger partial charge is 0.390 e. The van der Waals surface area contributed by atoms with Crippen LogP contribution in [0.5, 0.6) is 0 Å². The van der Waals surface area contributed by atoms with Gasteiger partial charge in [0, 0.05) is 6.42 Å². The lowest BCUT2D eigenvalue weighted by atomic mass is 9.99. The summed E-state index contributed by atoms with van der Waals surface area (Å²) in [6, 6.07) is -1.02. The average Bonchev–Trinajstić information content (AvgIpc) is 3.06. The minimum atomic E-state index is -4.40. The molecule has 4 atom stereocenters. The van der Waals surface area contributed by atoms with Gasteiger partial charge in [0.2, 0.25) is 5.91 Å². The van der Waals surface area contributed by atoms with Gasteiger partial charge in [-0.3, -0.25) is 13.8 Å². The molecule has 0 aliphatic heterocycles. The summed E-state index contributed by atoms with van der Waals surface area (Å²) in [6.07, 6.45) is 30.1. The molecular weight excluding hydrogens is 651 g/mol. The second-order valence-corrected chi connectivity index (χ2v) is 17.3. The van der Waals surface area contributed by atoms with Crippen LogP contribution in [0.2, 0.25) is 0 Å². The number of nitrogens with zero attached hydrogens (tertiary/aromatic N) is 1. The standard InChI is InChI=1S/C40H83N2O7P/c1-6-8-10-12-14-16-18-20-21-23-25-27-29-31-33-39(44)41-37(36-49-50(46,47)48-35-34-42(3,4)5)40(45)38(43)32-30-28-26-24-22-19-17-15-13-11-9-7-2/h37-38,40,43,45H,6-36H2,1-5H3,(H-,41,44,46,47)/p+1. The molecule has 0 spiro atoms. The Kier molecular flexibility index (Phi) is 32.7. The van der Waals surface area contributed by atoms with E-state index in [4.69, 9.17) is 9.05 Å². The van der Waals surface area contributed by atoms with Crippen LogP contribution in [0.4, 0.5) is 0 Å². The van der Waals surface area contributed by atoms with E-state index in [2.05, 4.69) is 19.2 Å². The van der Waals surface area contributed by atoms with Crippen LogP contribution in [-0.2, 0) is 18.4 Å². The third-order valence-electron chi connectivity index (χ3n) is 9.70. The summed E-state index contributed by atoms with van der Waals surface area (Å²) in [5.41, 5.74) is 0. The Morgan fingerprint density at radius 2 is 1.00 bits per heavy atom. The predicted molar refractivity (Wildman–Crippen MR) is 209 cm³/mol. The third-order valence-corrected chi connectivity index (χ3v) is 10.7. The van der Waals surface area contributed by atoms with Crippen LogP contribution < -0.4 is 5.32 Å². The molecule has 1 amide bonds. The maximum absolute atomic E-state index is 12.9. The maximum atomic E-state index is 12.9. The fraction of sp³-hybridized carbons (Fsp3) is 0.975. The first kappa shape index (κ1) is 49.5. The minimum absolute atomic E-state index is 0.0254. The van der Waals surface area contributed by atoms with Crippen molar-refractivity contribution in [2.45, 2.75) is 212 Å². The number of phosphoric acid groups is 1. The SMILES string of the molecule is CCCCCCCCCCCCCCCCC(=O)NC(COP(=O)(O)OCC[N+](C)(C)C)C(O)C(O)CCCCCCCCCCCCCC. The zero-order valence-electron chi connectivity index (χ0n) is 33.5. The van der Waals surface area contributed by atoms with E-state index in [1.807, 2.05) is 21.1 Å². The number of aliphatic hydroxyl groups excluding tert-OH is 2. The number of quaternary nitrogens is 1. The molecule has 10 heteroatoms. The van der Waals surface area contributed by atoms with Gasteiger partial charge < -0.3 is 24.9 Å². The lowest BCUT2D eigenvalue weighted by Gasteiger charge is -2.28. The highest BCUT2D eigenvalue weighted by atomic mass is 31.2. The molecule has 0 fully saturated rings. The molecule has 4 unspecified atom stereocenters. The Labute approximate surface area is 309 Å². The molecule has 0 rings (SSSR count). The number of carbonyl (C=O) groups is 1. The van der Waals surface area contributed by atoms with E-state index in [0.717, 1.165) is 38.5 Å². The van der Waals surface area contributed by atoms with Crippen LogP contribution >= 0.6 is 7.82 Å². The average molecular weight is 736 g/mol. The molecule has 0 saturated heterocycles. The molecule has 0 aliphatic rings. The van der Waals surface area contributed by atoms with Crippen molar-refractivity contribution in [2.75, 3.05) is 40.9 Å². The molecule has 300 valence electrons. The van der Waals surface area contributed by atoms with Gasteiger partial charge in [-0.2, -0.15) is 0 Å². The Morgan fingerprint density at radius 1 is 0.620 bits per heavy atom. The Balaban J connectivity index is 4.53. The molecular formula is C40H84N2O7P+. The maximum Gasteiger partial charge on any atom is 0.472 e. The zero-order valence-corrected chi connectivity index (χ0v) is 34.4. The van der Waals surface area contributed by atoms with Crippen molar-refractivity contribution in [1.29, 1.82) is 0 Å². The summed E-state index contributed by atoms with van der Waals surface area (Å²) in [5.74, 6) is -0.257. The third kappa shape index (κ3) is 33.3. The van der Waals surface area contributed by atoms with Crippen LogP contribution in [0.15, 0.2) is 0 Å². The van der Waals surface area contributed by atoms with E-state index in [1.54, 1.807) is 0 Å². The minimum Gasteiger partial charge on any atom is -0.390 e. The number of rotatable bonds is 38. The van der Waals surface area contributed by atoms with E-state index in [9.17, 15) is 24.5 Å².